The normalized spacial score (nSPS) is 10.4. The molecule has 0 aliphatic carbocycles. The van der Waals surface area contributed by atoms with E-state index < -0.39 is 0 Å². The molecule has 0 aliphatic rings. The largest absolute Gasteiger partial charge is 0.322 e. The number of hydrogen-bond donors (Lipinski definition) is 1. The number of hydrogen-bond acceptors (Lipinski definition) is 4. The number of carbonyl (C=O) groups is 2. The summed E-state index contributed by atoms with van der Waals surface area (Å²) in [5.41, 5.74) is 1.31. The molecule has 0 bridgehead atoms. The molecule has 25 heavy (non-hydrogen) atoms. The smallest absolute Gasteiger partial charge is 0.314 e. The second-order valence-electron chi connectivity index (χ2n) is 5.58. The summed E-state index contributed by atoms with van der Waals surface area (Å²) in [7, 11) is 0. The Hall–Kier alpha value is -2.44. The van der Waals surface area contributed by atoms with E-state index >= 15 is 0 Å². The van der Waals surface area contributed by atoms with E-state index in [-0.39, 0.29) is 11.8 Å². The second-order valence-corrected chi connectivity index (χ2v) is 7.64. The van der Waals surface area contributed by atoms with E-state index in [9.17, 15) is 9.59 Å². The summed E-state index contributed by atoms with van der Waals surface area (Å²) in [5.74, 6) is 0.00916. The number of nitrogens with zero attached hydrogens (tertiary/aromatic N) is 1. The highest BCUT2D eigenvalue weighted by Gasteiger charge is 2.16. The van der Waals surface area contributed by atoms with Crippen LogP contribution in [0, 0.1) is 0 Å². The Labute approximate surface area is 154 Å². The Kier molecular flexibility index (Phi) is 5.63. The molecule has 128 valence electrons. The van der Waals surface area contributed by atoms with E-state index in [1.807, 2.05) is 35.0 Å². The van der Waals surface area contributed by atoms with Gasteiger partial charge in [-0.05, 0) is 54.1 Å². The van der Waals surface area contributed by atoms with Crippen molar-refractivity contribution in [3.05, 3.63) is 74.6 Å². The summed E-state index contributed by atoms with van der Waals surface area (Å²) >= 11 is 3.27. The summed E-state index contributed by atoms with van der Waals surface area (Å²) in [6, 6.07) is 14.8. The molecule has 2 aromatic heterocycles. The Bertz CT molecular complexity index is 789. The van der Waals surface area contributed by atoms with Gasteiger partial charge in [0.05, 0.1) is 13.1 Å². The maximum absolute atomic E-state index is 12.7. The van der Waals surface area contributed by atoms with Crippen LogP contribution in [0.15, 0.2) is 59.3 Å². The molecule has 4 nitrogen and oxygen atoms in total. The number of thiophene rings is 2. The van der Waals surface area contributed by atoms with E-state index in [1.54, 1.807) is 51.8 Å². The first-order valence-electron chi connectivity index (χ1n) is 7.83. The number of rotatable bonds is 6. The number of Topliss-reactive ketones (excluding diaryl/α,β-unsaturated/α-hetero) is 1. The molecule has 0 saturated carbocycles. The van der Waals surface area contributed by atoms with Crippen molar-refractivity contribution in [2.75, 3.05) is 5.32 Å². The Morgan fingerprint density at radius 1 is 0.920 bits per heavy atom. The molecule has 0 atom stereocenters. The van der Waals surface area contributed by atoms with Gasteiger partial charge in [0.1, 0.15) is 0 Å². The maximum atomic E-state index is 12.7. The van der Waals surface area contributed by atoms with Gasteiger partial charge in [0.2, 0.25) is 0 Å². The molecule has 2 amide bonds. The number of carbonyl (C=O) groups excluding carboxylic acids is 2. The van der Waals surface area contributed by atoms with E-state index in [0.717, 1.165) is 9.75 Å². The molecule has 0 spiro atoms. The second kappa shape index (κ2) is 8.09. The van der Waals surface area contributed by atoms with Crippen LogP contribution in [0.5, 0.6) is 0 Å². The molecule has 3 aromatic rings. The number of amides is 2. The van der Waals surface area contributed by atoms with Crippen molar-refractivity contribution in [2.45, 2.75) is 20.0 Å². The van der Waals surface area contributed by atoms with Gasteiger partial charge in [-0.1, -0.05) is 12.1 Å². The van der Waals surface area contributed by atoms with Crippen molar-refractivity contribution in [2.24, 2.45) is 0 Å². The van der Waals surface area contributed by atoms with Crippen LogP contribution in [-0.2, 0) is 13.1 Å². The van der Waals surface area contributed by atoms with Crippen LogP contribution in [-0.4, -0.2) is 16.7 Å². The Balaban J connectivity index is 1.72. The van der Waals surface area contributed by atoms with Crippen LogP contribution in [0.4, 0.5) is 10.5 Å². The van der Waals surface area contributed by atoms with Crippen LogP contribution in [0.2, 0.25) is 0 Å². The highest BCUT2D eigenvalue weighted by atomic mass is 32.1. The third kappa shape index (κ3) is 4.78. The van der Waals surface area contributed by atoms with Gasteiger partial charge in [0, 0.05) is 21.0 Å². The molecule has 2 heterocycles. The van der Waals surface area contributed by atoms with Gasteiger partial charge in [0.25, 0.3) is 0 Å². The first-order chi connectivity index (χ1) is 12.1. The summed E-state index contributed by atoms with van der Waals surface area (Å²) in [4.78, 5) is 28.2. The lowest BCUT2D eigenvalue weighted by Crippen LogP contribution is -2.33. The lowest BCUT2D eigenvalue weighted by atomic mass is 10.1. The van der Waals surface area contributed by atoms with Crippen molar-refractivity contribution < 1.29 is 9.59 Å². The zero-order valence-corrected chi connectivity index (χ0v) is 15.4. The van der Waals surface area contributed by atoms with Crippen molar-refractivity contribution in [3.63, 3.8) is 0 Å². The standard InChI is InChI=1S/C19H18N2O2S2/c1-14(22)15-6-8-16(9-7-15)20-19(23)21(12-17-4-2-10-24-17)13-18-5-3-11-25-18/h2-11H,12-13H2,1H3,(H,20,23). The first kappa shape index (κ1) is 17.4. The van der Waals surface area contributed by atoms with Gasteiger partial charge >= 0.3 is 6.03 Å². The first-order valence-corrected chi connectivity index (χ1v) is 9.59. The molecule has 0 radical (unpaired) electrons. The number of ketones is 1. The molecule has 1 N–H and O–H groups in total. The van der Waals surface area contributed by atoms with Gasteiger partial charge in [-0.15, -0.1) is 22.7 Å². The fourth-order valence-electron chi connectivity index (χ4n) is 2.37. The van der Waals surface area contributed by atoms with Crippen molar-refractivity contribution in [3.8, 4) is 0 Å². The highest BCUT2D eigenvalue weighted by Crippen LogP contribution is 2.19. The third-order valence-corrected chi connectivity index (χ3v) is 5.41. The summed E-state index contributed by atoms with van der Waals surface area (Å²) < 4.78 is 0. The number of benzene rings is 1. The quantitative estimate of drug-likeness (QED) is 0.603. The minimum Gasteiger partial charge on any atom is -0.314 e. The van der Waals surface area contributed by atoms with Crippen molar-refractivity contribution in [1.82, 2.24) is 4.90 Å². The fraction of sp³-hybridized carbons (Fsp3) is 0.158. The lowest BCUT2D eigenvalue weighted by Gasteiger charge is -2.22. The number of urea groups is 1. The molecular formula is C19H18N2O2S2. The van der Waals surface area contributed by atoms with Crippen LogP contribution >= 0.6 is 22.7 Å². The zero-order chi connectivity index (χ0) is 17.6. The highest BCUT2D eigenvalue weighted by molar-refractivity contribution is 7.10. The molecule has 0 fully saturated rings. The molecular weight excluding hydrogens is 352 g/mol. The zero-order valence-electron chi connectivity index (χ0n) is 13.8. The third-order valence-electron chi connectivity index (χ3n) is 3.68. The van der Waals surface area contributed by atoms with Gasteiger partial charge in [-0.25, -0.2) is 4.79 Å². The summed E-state index contributed by atoms with van der Waals surface area (Å²) in [5, 5.41) is 6.94. The molecule has 0 aliphatic heterocycles. The topological polar surface area (TPSA) is 49.4 Å². The molecule has 1 aromatic carbocycles. The van der Waals surface area contributed by atoms with Gasteiger partial charge in [-0.2, -0.15) is 0 Å². The molecule has 0 unspecified atom stereocenters. The maximum Gasteiger partial charge on any atom is 0.322 e. The Morgan fingerprint density at radius 2 is 1.48 bits per heavy atom. The number of nitrogens with one attached hydrogen (secondary N) is 1. The fourth-order valence-corrected chi connectivity index (χ4v) is 3.81. The SMILES string of the molecule is CC(=O)c1ccc(NC(=O)N(Cc2cccs2)Cc2cccs2)cc1. The van der Waals surface area contributed by atoms with Gasteiger partial charge < -0.3 is 10.2 Å². The van der Waals surface area contributed by atoms with Crippen LogP contribution in [0.3, 0.4) is 0 Å². The number of anilines is 1. The summed E-state index contributed by atoms with van der Waals surface area (Å²) in [6.07, 6.45) is 0. The minimum atomic E-state index is -0.155. The molecule has 3 rings (SSSR count). The van der Waals surface area contributed by atoms with Crippen LogP contribution in [0.1, 0.15) is 27.0 Å². The monoisotopic (exact) mass is 370 g/mol. The van der Waals surface area contributed by atoms with Crippen LogP contribution < -0.4 is 5.32 Å². The van der Waals surface area contributed by atoms with Crippen LogP contribution in [0.25, 0.3) is 0 Å². The molecule has 6 heteroatoms. The van der Waals surface area contributed by atoms with E-state index in [1.165, 1.54) is 6.92 Å². The van der Waals surface area contributed by atoms with E-state index in [2.05, 4.69) is 5.32 Å². The van der Waals surface area contributed by atoms with E-state index in [0.29, 0.717) is 24.3 Å². The molecule has 0 saturated heterocycles. The average Bonchev–Trinajstić information content (AvgIpc) is 3.28. The Morgan fingerprint density at radius 3 is 1.92 bits per heavy atom. The predicted molar refractivity (Wildman–Crippen MR) is 103 cm³/mol. The predicted octanol–water partition coefficient (Wildman–Crippen LogP) is 5.25. The van der Waals surface area contributed by atoms with E-state index in [4.69, 9.17) is 0 Å². The van der Waals surface area contributed by atoms with Crippen molar-refractivity contribution in [1.29, 1.82) is 0 Å². The van der Waals surface area contributed by atoms with Gasteiger partial charge in [-0.3, -0.25) is 4.79 Å². The minimum absolute atomic E-state index is 0.00916. The average molecular weight is 370 g/mol. The van der Waals surface area contributed by atoms with Crippen molar-refractivity contribution >= 4 is 40.2 Å². The summed E-state index contributed by atoms with van der Waals surface area (Å²) in [6.45, 7) is 2.65. The van der Waals surface area contributed by atoms with Gasteiger partial charge in [0.15, 0.2) is 5.78 Å². The lowest BCUT2D eigenvalue weighted by molar-refractivity contribution is 0.101.